The molecule has 1 aliphatic rings. The third kappa shape index (κ3) is 4.06. The number of rotatable bonds is 4. The predicted molar refractivity (Wildman–Crippen MR) is 72.0 cm³/mol. The molecule has 1 heteroatoms. The molecule has 1 aliphatic carbocycles. The highest BCUT2D eigenvalue weighted by atomic mass is 32.2. The molecule has 0 N–H and O–H groups in total. The zero-order valence-corrected chi connectivity index (χ0v) is 11.2. The molecule has 0 aromatic rings. The van der Waals surface area contributed by atoms with Crippen molar-refractivity contribution in [3.63, 3.8) is 0 Å². The van der Waals surface area contributed by atoms with E-state index in [-0.39, 0.29) is 0 Å². The van der Waals surface area contributed by atoms with E-state index in [0.29, 0.717) is 0 Å². The molecule has 0 bridgehead atoms. The smallest absolute Gasteiger partial charge is 0.00884 e. The molecule has 0 amide bonds. The van der Waals surface area contributed by atoms with Crippen LogP contribution >= 0.6 is 11.8 Å². The molecule has 0 aliphatic heterocycles. The minimum atomic E-state index is 0.861. The van der Waals surface area contributed by atoms with E-state index in [0.717, 1.165) is 5.92 Å². The van der Waals surface area contributed by atoms with Crippen LogP contribution in [0.3, 0.4) is 0 Å². The molecule has 0 heterocycles. The van der Waals surface area contributed by atoms with Gasteiger partial charge in [0.1, 0.15) is 0 Å². The third-order valence-corrected chi connectivity index (χ3v) is 4.60. The molecule has 0 nitrogen and oxygen atoms in total. The van der Waals surface area contributed by atoms with Crippen molar-refractivity contribution in [3.8, 4) is 0 Å². The molecule has 1 saturated carbocycles. The van der Waals surface area contributed by atoms with Crippen LogP contribution in [0.5, 0.6) is 0 Å². The first kappa shape index (κ1) is 12.9. The average molecular weight is 224 g/mol. The van der Waals surface area contributed by atoms with Crippen molar-refractivity contribution < 1.29 is 0 Å². The summed E-state index contributed by atoms with van der Waals surface area (Å²) in [6, 6.07) is 0. The fourth-order valence-corrected chi connectivity index (χ4v) is 3.28. The Morgan fingerprint density at radius 2 is 1.93 bits per heavy atom. The van der Waals surface area contributed by atoms with Crippen molar-refractivity contribution in [2.45, 2.75) is 59.3 Å². The van der Waals surface area contributed by atoms with Crippen LogP contribution in [0, 0.1) is 5.92 Å². The first-order valence-electron chi connectivity index (χ1n) is 6.27. The second-order valence-corrected chi connectivity index (χ2v) is 5.37. The Morgan fingerprint density at radius 3 is 2.47 bits per heavy atom. The predicted octanol–water partition coefficient (Wildman–Crippen LogP) is 5.52. The highest BCUT2D eigenvalue weighted by molar-refractivity contribution is 8.05. The van der Waals surface area contributed by atoms with Gasteiger partial charge in [0.15, 0.2) is 0 Å². The van der Waals surface area contributed by atoms with Gasteiger partial charge in [-0.05, 0) is 49.3 Å². The summed E-state index contributed by atoms with van der Waals surface area (Å²) >= 11 is 1.96. The minimum Gasteiger partial charge on any atom is -0.103 e. The molecule has 1 fully saturated rings. The van der Waals surface area contributed by atoms with Crippen LogP contribution in [0.25, 0.3) is 0 Å². The molecular formula is C14H24S. The molecule has 86 valence electrons. The van der Waals surface area contributed by atoms with Gasteiger partial charge in [0.25, 0.3) is 0 Å². The van der Waals surface area contributed by atoms with E-state index in [1.54, 1.807) is 10.5 Å². The lowest BCUT2D eigenvalue weighted by Gasteiger charge is -2.25. The molecule has 0 saturated heterocycles. The number of allylic oxidation sites excluding steroid dienone is 3. The standard InChI is InChI=1S/C14H24S/c1-4-11-15-14(12(3)5-2)13-9-7-6-8-10-13/h4,11,13H,5-10H2,1-3H3/b11-4-,14-12?. The molecule has 15 heavy (non-hydrogen) atoms. The van der Waals surface area contributed by atoms with Crippen LogP contribution in [0.15, 0.2) is 22.0 Å². The summed E-state index contributed by atoms with van der Waals surface area (Å²) in [5, 5.41) is 2.24. The van der Waals surface area contributed by atoms with Gasteiger partial charge >= 0.3 is 0 Å². The maximum Gasteiger partial charge on any atom is -0.00884 e. The van der Waals surface area contributed by atoms with E-state index in [1.807, 2.05) is 11.8 Å². The second kappa shape index (κ2) is 7.16. The molecular weight excluding hydrogens is 200 g/mol. The van der Waals surface area contributed by atoms with Crippen LogP contribution in [-0.4, -0.2) is 0 Å². The average Bonchev–Trinajstić information content (AvgIpc) is 2.30. The van der Waals surface area contributed by atoms with Gasteiger partial charge in [-0.25, -0.2) is 0 Å². The maximum atomic E-state index is 2.31. The van der Waals surface area contributed by atoms with Gasteiger partial charge < -0.3 is 0 Å². The van der Waals surface area contributed by atoms with Crippen LogP contribution < -0.4 is 0 Å². The topological polar surface area (TPSA) is 0 Å². The summed E-state index contributed by atoms with van der Waals surface area (Å²) in [4.78, 5) is 1.66. The zero-order valence-electron chi connectivity index (χ0n) is 10.4. The molecule has 0 radical (unpaired) electrons. The largest absolute Gasteiger partial charge is 0.103 e. The lowest BCUT2D eigenvalue weighted by atomic mass is 9.87. The van der Waals surface area contributed by atoms with Gasteiger partial charge in [-0.1, -0.05) is 37.8 Å². The van der Waals surface area contributed by atoms with Crippen LogP contribution in [-0.2, 0) is 0 Å². The van der Waals surface area contributed by atoms with Crippen LogP contribution in [0.4, 0.5) is 0 Å². The highest BCUT2D eigenvalue weighted by Gasteiger charge is 2.18. The number of hydrogen-bond donors (Lipinski definition) is 0. The summed E-state index contributed by atoms with van der Waals surface area (Å²) < 4.78 is 0. The van der Waals surface area contributed by atoms with Gasteiger partial charge in [0.05, 0.1) is 0 Å². The Balaban J connectivity index is 2.70. The lowest BCUT2D eigenvalue weighted by Crippen LogP contribution is -2.08. The van der Waals surface area contributed by atoms with E-state index in [2.05, 4.69) is 32.3 Å². The molecule has 1 rings (SSSR count). The first-order valence-corrected chi connectivity index (χ1v) is 7.15. The Bertz CT molecular complexity index is 232. The lowest BCUT2D eigenvalue weighted by molar-refractivity contribution is 0.413. The van der Waals surface area contributed by atoms with Crippen molar-refractivity contribution in [1.29, 1.82) is 0 Å². The Hall–Kier alpha value is -0.170. The summed E-state index contributed by atoms with van der Waals surface area (Å²) in [5.74, 6) is 0.861. The second-order valence-electron chi connectivity index (χ2n) is 4.42. The summed E-state index contributed by atoms with van der Waals surface area (Å²) in [6.07, 6.45) is 10.5. The first-order chi connectivity index (χ1) is 7.29. The Kier molecular flexibility index (Phi) is 6.16. The van der Waals surface area contributed by atoms with E-state index in [1.165, 1.54) is 38.5 Å². The van der Waals surface area contributed by atoms with Crippen molar-refractivity contribution in [2.75, 3.05) is 0 Å². The fourth-order valence-electron chi connectivity index (χ4n) is 2.23. The van der Waals surface area contributed by atoms with Crippen molar-refractivity contribution in [1.82, 2.24) is 0 Å². The van der Waals surface area contributed by atoms with E-state index in [9.17, 15) is 0 Å². The van der Waals surface area contributed by atoms with E-state index in [4.69, 9.17) is 0 Å². The van der Waals surface area contributed by atoms with Gasteiger partial charge in [-0.15, -0.1) is 11.8 Å². The molecule has 0 unspecified atom stereocenters. The molecule has 0 aromatic heterocycles. The summed E-state index contributed by atoms with van der Waals surface area (Å²) in [5.41, 5.74) is 1.60. The summed E-state index contributed by atoms with van der Waals surface area (Å²) in [7, 11) is 0. The molecule has 0 atom stereocenters. The van der Waals surface area contributed by atoms with Crippen LogP contribution in [0.2, 0.25) is 0 Å². The zero-order chi connectivity index (χ0) is 11.1. The number of hydrogen-bond acceptors (Lipinski definition) is 1. The normalized spacial score (nSPS) is 20.7. The molecule has 0 spiro atoms. The number of thioether (sulfide) groups is 1. The Labute approximate surface area is 99.2 Å². The van der Waals surface area contributed by atoms with Gasteiger partial charge in [0, 0.05) is 0 Å². The van der Waals surface area contributed by atoms with Gasteiger partial charge in [-0.2, -0.15) is 0 Å². The van der Waals surface area contributed by atoms with Crippen molar-refractivity contribution >= 4 is 11.8 Å². The van der Waals surface area contributed by atoms with E-state index >= 15 is 0 Å². The SMILES string of the molecule is C/C=C\SC(=C(C)CC)C1CCCCC1. The fraction of sp³-hybridized carbons (Fsp3) is 0.714. The van der Waals surface area contributed by atoms with Crippen molar-refractivity contribution in [3.05, 3.63) is 22.0 Å². The third-order valence-electron chi connectivity index (χ3n) is 3.26. The monoisotopic (exact) mass is 224 g/mol. The Morgan fingerprint density at radius 1 is 1.27 bits per heavy atom. The maximum absolute atomic E-state index is 2.31. The minimum absolute atomic E-state index is 0.861. The van der Waals surface area contributed by atoms with Crippen LogP contribution in [0.1, 0.15) is 59.3 Å². The quantitative estimate of drug-likeness (QED) is 0.606. The van der Waals surface area contributed by atoms with Crippen molar-refractivity contribution in [2.24, 2.45) is 5.92 Å². The molecule has 0 aromatic carbocycles. The highest BCUT2D eigenvalue weighted by Crippen LogP contribution is 2.38. The van der Waals surface area contributed by atoms with Gasteiger partial charge in [-0.3, -0.25) is 0 Å². The van der Waals surface area contributed by atoms with Gasteiger partial charge in [0.2, 0.25) is 0 Å². The van der Waals surface area contributed by atoms with E-state index < -0.39 is 0 Å². The summed E-state index contributed by atoms with van der Waals surface area (Å²) in [6.45, 7) is 6.68.